The molecule has 0 aliphatic carbocycles. The second kappa shape index (κ2) is 4.92. The van der Waals surface area contributed by atoms with Crippen molar-refractivity contribution in [2.45, 2.75) is 0 Å². The zero-order valence-electron chi connectivity index (χ0n) is 8.41. The van der Waals surface area contributed by atoms with E-state index in [1.807, 2.05) is 5.32 Å². The fourth-order valence-electron chi connectivity index (χ4n) is 1.07. The van der Waals surface area contributed by atoms with Crippen molar-refractivity contribution in [3.8, 4) is 5.75 Å². The Labute approximate surface area is 94.6 Å². The normalized spacial score (nSPS) is 9.65. The molecule has 1 aromatic rings. The first-order chi connectivity index (χ1) is 7.91. The van der Waals surface area contributed by atoms with Crippen molar-refractivity contribution < 1.29 is 24.7 Å². The van der Waals surface area contributed by atoms with Gasteiger partial charge in [0, 0.05) is 11.6 Å². The number of amides is 1. The molecule has 0 atom stereocenters. The molecule has 0 heterocycles. The van der Waals surface area contributed by atoms with Crippen LogP contribution in [0.2, 0.25) is 0 Å². The highest BCUT2D eigenvalue weighted by molar-refractivity contribution is 5.96. The van der Waals surface area contributed by atoms with Crippen molar-refractivity contribution in [1.82, 2.24) is 5.32 Å². The highest BCUT2D eigenvalue weighted by Gasteiger charge is 2.17. The maximum atomic E-state index is 11.4. The molecule has 1 rings (SSSR count). The van der Waals surface area contributed by atoms with Crippen molar-refractivity contribution in [3.63, 3.8) is 0 Å². The minimum Gasteiger partial charge on any atom is -0.502 e. The predicted octanol–water partition coefficient (Wildman–Crippen LogP) is 0.115. The van der Waals surface area contributed by atoms with Crippen LogP contribution in [-0.2, 0) is 4.79 Å². The van der Waals surface area contributed by atoms with Crippen molar-refractivity contribution in [3.05, 3.63) is 33.9 Å². The van der Waals surface area contributed by atoms with E-state index in [0.29, 0.717) is 0 Å². The van der Waals surface area contributed by atoms with Crippen molar-refractivity contribution in [2.75, 3.05) is 6.54 Å². The molecule has 8 nitrogen and oxygen atoms in total. The van der Waals surface area contributed by atoms with Gasteiger partial charge >= 0.3 is 11.7 Å². The molecule has 0 aliphatic heterocycles. The number of carbonyl (C=O) groups is 2. The quantitative estimate of drug-likeness (QED) is 0.506. The van der Waals surface area contributed by atoms with Gasteiger partial charge in [-0.3, -0.25) is 19.7 Å². The number of nitro benzene ring substituents is 1. The molecule has 0 bridgehead atoms. The first-order valence-electron chi connectivity index (χ1n) is 4.39. The fourth-order valence-corrected chi connectivity index (χ4v) is 1.07. The molecule has 3 N–H and O–H groups in total. The molecule has 0 unspecified atom stereocenters. The number of rotatable bonds is 4. The summed E-state index contributed by atoms with van der Waals surface area (Å²) in [5.41, 5.74) is -0.719. The Balaban J connectivity index is 2.92. The van der Waals surface area contributed by atoms with Gasteiger partial charge in [-0.2, -0.15) is 0 Å². The van der Waals surface area contributed by atoms with Crippen molar-refractivity contribution in [2.24, 2.45) is 0 Å². The summed E-state index contributed by atoms with van der Waals surface area (Å²) in [6, 6.07) is 3.01. The standard InChI is InChI=1S/C9H8N2O6/c12-7-2-1-5(3-6(7)11(16)17)9(15)10-4-8(13)14/h1-3,12H,4H2,(H,10,15)(H,13,14). The Kier molecular flexibility index (Phi) is 3.60. The second-order valence-corrected chi connectivity index (χ2v) is 3.04. The number of carboxylic acid groups (broad SMARTS) is 1. The number of carbonyl (C=O) groups excluding carboxylic acids is 1. The van der Waals surface area contributed by atoms with E-state index in [0.717, 1.165) is 18.2 Å². The highest BCUT2D eigenvalue weighted by atomic mass is 16.6. The number of hydrogen-bond donors (Lipinski definition) is 3. The monoisotopic (exact) mass is 240 g/mol. The summed E-state index contributed by atoms with van der Waals surface area (Å²) in [5, 5.41) is 30.0. The van der Waals surface area contributed by atoms with Crippen LogP contribution < -0.4 is 5.32 Å². The first-order valence-corrected chi connectivity index (χ1v) is 4.39. The van der Waals surface area contributed by atoms with Crippen LogP contribution in [0.4, 0.5) is 5.69 Å². The Morgan fingerprint density at radius 3 is 2.59 bits per heavy atom. The van der Waals surface area contributed by atoms with E-state index in [-0.39, 0.29) is 5.56 Å². The zero-order chi connectivity index (χ0) is 13.0. The van der Waals surface area contributed by atoms with Gasteiger partial charge in [0.05, 0.1) is 4.92 Å². The summed E-state index contributed by atoms with van der Waals surface area (Å²) in [4.78, 5) is 31.2. The molecule has 0 fully saturated rings. The smallest absolute Gasteiger partial charge is 0.322 e. The highest BCUT2D eigenvalue weighted by Crippen LogP contribution is 2.26. The number of nitrogens with one attached hydrogen (secondary N) is 1. The number of hydrogen-bond acceptors (Lipinski definition) is 5. The molecule has 90 valence electrons. The van der Waals surface area contributed by atoms with Crippen LogP contribution in [0.25, 0.3) is 0 Å². The minimum absolute atomic E-state index is 0.101. The molecule has 0 aromatic heterocycles. The molecule has 1 amide bonds. The van der Waals surface area contributed by atoms with E-state index in [1.165, 1.54) is 0 Å². The third kappa shape index (κ3) is 3.16. The third-order valence-electron chi connectivity index (χ3n) is 1.83. The average Bonchev–Trinajstić information content (AvgIpc) is 2.26. The van der Waals surface area contributed by atoms with Crippen LogP contribution >= 0.6 is 0 Å². The number of aromatic hydroxyl groups is 1. The maximum Gasteiger partial charge on any atom is 0.322 e. The largest absolute Gasteiger partial charge is 0.502 e. The van der Waals surface area contributed by atoms with E-state index in [1.54, 1.807) is 0 Å². The summed E-state index contributed by atoms with van der Waals surface area (Å²) >= 11 is 0. The van der Waals surface area contributed by atoms with Gasteiger partial charge in [0.2, 0.25) is 0 Å². The van der Waals surface area contributed by atoms with Gasteiger partial charge in [0.25, 0.3) is 5.91 Å². The number of nitrogens with zero attached hydrogens (tertiary/aromatic N) is 1. The van der Waals surface area contributed by atoms with E-state index in [9.17, 15) is 19.7 Å². The molecular formula is C9H8N2O6. The lowest BCUT2D eigenvalue weighted by atomic mass is 10.2. The van der Waals surface area contributed by atoms with Gasteiger partial charge in [-0.1, -0.05) is 0 Å². The Hall–Kier alpha value is -2.64. The molecule has 0 spiro atoms. The van der Waals surface area contributed by atoms with Crippen LogP contribution in [0.3, 0.4) is 0 Å². The van der Waals surface area contributed by atoms with Gasteiger partial charge in [-0.15, -0.1) is 0 Å². The Morgan fingerprint density at radius 1 is 1.41 bits per heavy atom. The summed E-state index contributed by atoms with van der Waals surface area (Å²) < 4.78 is 0. The maximum absolute atomic E-state index is 11.4. The lowest BCUT2D eigenvalue weighted by molar-refractivity contribution is -0.385. The van der Waals surface area contributed by atoms with Gasteiger partial charge in [0.15, 0.2) is 5.75 Å². The number of phenolic OH excluding ortho intramolecular Hbond substituents is 1. The molecular weight excluding hydrogens is 232 g/mol. The van der Waals surface area contributed by atoms with Crippen LogP contribution in [-0.4, -0.2) is 33.6 Å². The summed E-state index contributed by atoms with van der Waals surface area (Å²) in [5.74, 6) is -2.56. The van der Waals surface area contributed by atoms with Crippen molar-refractivity contribution in [1.29, 1.82) is 0 Å². The average molecular weight is 240 g/mol. The second-order valence-electron chi connectivity index (χ2n) is 3.04. The first kappa shape index (κ1) is 12.4. The molecule has 1 aromatic carbocycles. The van der Waals surface area contributed by atoms with Gasteiger partial charge in [-0.05, 0) is 12.1 Å². The molecule has 0 radical (unpaired) electrons. The van der Waals surface area contributed by atoms with E-state index >= 15 is 0 Å². The number of carboxylic acids is 1. The van der Waals surface area contributed by atoms with Gasteiger partial charge in [0.1, 0.15) is 6.54 Å². The van der Waals surface area contributed by atoms with E-state index in [2.05, 4.69) is 0 Å². The summed E-state index contributed by atoms with van der Waals surface area (Å²) in [7, 11) is 0. The predicted molar refractivity (Wildman–Crippen MR) is 54.7 cm³/mol. The SMILES string of the molecule is O=C(O)CNC(=O)c1ccc(O)c([N+](=O)[O-])c1. The zero-order valence-corrected chi connectivity index (χ0v) is 8.41. The van der Waals surface area contributed by atoms with Crippen LogP contribution in [0, 0.1) is 10.1 Å². The number of nitro groups is 1. The number of benzene rings is 1. The van der Waals surface area contributed by atoms with Crippen molar-refractivity contribution >= 4 is 17.6 Å². The topological polar surface area (TPSA) is 130 Å². The third-order valence-corrected chi connectivity index (χ3v) is 1.83. The molecule has 8 heteroatoms. The van der Waals surface area contributed by atoms with E-state index < -0.39 is 34.8 Å². The van der Waals surface area contributed by atoms with E-state index in [4.69, 9.17) is 10.2 Å². The lowest BCUT2D eigenvalue weighted by Gasteiger charge is -2.02. The van der Waals surface area contributed by atoms with Gasteiger partial charge < -0.3 is 15.5 Å². The van der Waals surface area contributed by atoms with Crippen LogP contribution in [0.5, 0.6) is 5.75 Å². The summed E-state index contributed by atoms with van der Waals surface area (Å²) in [6.45, 7) is -0.590. The molecule has 0 aliphatic rings. The summed E-state index contributed by atoms with van der Waals surface area (Å²) in [6.07, 6.45) is 0. The van der Waals surface area contributed by atoms with Crippen LogP contribution in [0.15, 0.2) is 18.2 Å². The minimum atomic E-state index is -1.23. The molecule has 17 heavy (non-hydrogen) atoms. The van der Waals surface area contributed by atoms with Crippen LogP contribution in [0.1, 0.15) is 10.4 Å². The van der Waals surface area contributed by atoms with Gasteiger partial charge in [-0.25, -0.2) is 0 Å². The lowest BCUT2D eigenvalue weighted by Crippen LogP contribution is -2.29. The Morgan fingerprint density at radius 2 is 2.06 bits per heavy atom. The molecule has 0 saturated carbocycles. The number of phenols is 1. The fraction of sp³-hybridized carbons (Fsp3) is 0.111. The molecule has 0 saturated heterocycles. The Bertz CT molecular complexity index is 484. The number of aliphatic carboxylic acids is 1.